The minimum absolute atomic E-state index is 0.00563. The average molecular weight is 380 g/mol. The van der Waals surface area contributed by atoms with Gasteiger partial charge in [-0.05, 0) is 44.0 Å². The monoisotopic (exact) mass is 379 g/mol. The van der Waals surface area contributed by atoms with Gasteiger partial charge in [-0.25, -0.2) is 0 Å². The molecule has 0 aromatic heterocycles. The predicted molar refractivity (Wildman–Crippen MR) is 113 cm³/mol. The van der Waals surface area contributed by atoms with Crippen LogP contribution in [0.5, 0.6) is 0 Å². The maximum absolute atomic E-state index is 12.7. The number of aryl methyl sites for hydroxylation is 1. The number of carbonyl (C=O) groups is 2. The van der Waals surface area contributed by atoms with Crippen LogP contribution >= 0.6 is 0 Å². The van der Waals surface area contributed by atoms with E-state index in [9.17, 15) is 9.59 Å². The molecule has 1 aliphatic rings. The van der Waals surface area contributed by atoms with Gasteiger partial charge in [0, 0.05) is 44.0 Å². The van der Waals surface area contributed by atoms with Crippen LogP contribution in [0.15, 0.2) is 48.5 Å². The van der Waals surface area contributed by atoms with Gasteiger partial charge in [-0.15, -0.1) is 0 Å². The molecule has 0 bridgehead atoms. The summed E-state index contributed by atoms with van der Waals surface area (Å²) < 4.78 is 0. The first-order valence-corrected chi connectivity index (χ1v) is 9.87. The maximum Gasteiger partial charge on any atom is 0.241 e. The standard InChI is InChI=1S/C23H29N3O2/c1-17-7-4-5-8-21(17)16-25-11-13-26(14-12-25)18(2)23(28)24-22-10-6-9-20(15-22)19(3)27/h4-10,15,18H,11-14,16H2,1-3H3,(H,24,28)/t18-/m0/s1. The molecule has 1 heterocycles. The fourth-order valence-electron chi connectivity index (χ4n) is 3.57. The summed E-state index contributed by atoms with van der Waals surface area (Å²) in [6, 6.07) is 15.4. The lowest BCUT2D eigenvalue weighted by molar-refractivity contribution is -0.121. The molecule has 0 aliphatic carbocycles. The molecule has 1 aliphatic heterocycles. The molecule has 1 atom stereocenters. The van der Waals surface area contributed by atoms with Crippen molar-refractivity contribution >= 4 is 17.4 Å². The van der Waals surface area contributed by atoms with E-state index in [1.807, 2.05) is 13.0 Å². The lowest BCUT2D eigenvalue weighted by atomic mass is 10.1. The topological polar surface area (TPSA) is 52.7 Å². The summed E-state index contributed by atoms with van der Waals surface area (Å²) in [5.41, 5.74) is 3.97. The number of nitrogens with zero attached hydrogens (tertiary/aromatic N) is 2. The van der Waals surface area contributed by atoms with Crippen LogP contribution in [0, 0.1) is 6.92 Å². The average Bonchev–Trinajstić information content (AvgIpc) is 2.70. The van der Waals surface area contributed by atoms with Crippen molar-refractivity contribution in [1.29, 1.82) is 0 Å². The van der Waals surface area contributed by atoms with Gasteiger partial charge in [0.15, 0.2) is 5.78 Å². The molecule has 0 unspecified atom stereocenters. The Morgan fingerprint density at radius 2 is 1.75 bits per heavy atom. The maximum atomic E-state index is 12.7. The van der Waals surface area contributed by atoms with E-state index in [1.54, 1.807) is 18.2 Å². The molecule has 148 valence electrons. The highest BCUT2D eigenvalue weighted by Crippen LogP contribution is 2.16. The minimum Gasteiger partial charge on any atom is -0.325 e. The van der Waals surface area contributed by atoms with E-state index < -0.39 is 0 Å². The predicted octanol–water partition coefficient (Wildman–Crippen LogP) is 3.34. The SMILES string of the molecule is CC(=O)c1cccc(NC(=O)[C@H](C)N2CCN(Cc3ccccc3C)CC2)c1. The number of amides is 1. The van der Waals surface area contributed by atoms with Gasteiger partial charge in [0.05, 0.1) is 6.04 Å². The van der Waals surface area contributed by atoms with E-state index >= 15 is 0 Å². The molecule has 1 amide bonds. The van der Waals surface area contributed by atoms with Crippen LogP contribution in [0.1, 0.15) is 35.3 Å². The molecule has 1 N–H and O–H groups in total. The van der Waals surface area contributed by atoms with E-state index in [4.69, 9.17) is 0 Å². The highest BCUT2D eigenvalue weighted by atomic mass is 16.2. The fraction of sp³-hybridized carbons (Fsp3) is 0.391. The Morgan fingerprint density at radius 3 is 2.43 bits per heavy atom. The quantitative estimate of drug-likeness (QED) is 0.782. The third kappa shape index (κ3) is 5.06. The molecule has 5 nitrogen and oxygen atoms in total. The van der Waals surface area contributed by atoms with Crippen LogP contribution in [0.4, 0.5) is 5.69 Å². The van der Waals surface area contributed by atoms with Gasteiger partial charge in [0.1, 0.15) is 0 Å². The molecule has 0 spiro atoms. The second-order valence-corrected chi connectivity index (χ2v) is 7.54. The van der Waals surface area contributed by atoms with Crippen molar-refractivity contribution < 1.29 is 9.59 Å². The molecule has 0 saturated carbocycles. The summed E-state index contributed by atoms with van der Waals surface area (Å²) in [4.78, 5) is 28.8. The summed E-state index contributed by atoms with van der Waals surface area (Å²) >= 11 is 0. The van der Waals surface area contributed by atoms with Crippen LogP contribution in [0.25, 0.3) is 0 Å². The number of hydrogen-bond acceptors (Lipinski definition) is 4. The van der Waals surface area contributed by atoms with E-state index in [0.29, 0.717) is 11.3 Å². The van der Waals surface area contributed by atoms with Crippen molar-refractivity contribution in [2.75, 3.05) is 31.5 Å². The lowest BCUT2D eigenvalue weighted by Crippen LogP contribution is -2.52. The number of hydrogen-bond donors (Lipinski definition) is 1. The van der Waals surface area contributed by atoms with E-state index in [1.165, 1.54) is 18.1 Å². The number of anilines is 1. The highest BCUT2D eigenvalue weighted by Gasteiger charge is 2.25. The molecule has 2 aromatic rings. The molecule has 1 fully saturated rings. The first-order chi connectivity index (χ1) is 13.4. The van der Waals surface area contributed by atoms with Crippen LogP contribution in [-0.4, -0.2) is 53.7 Å². The largest absolute Gasteiger partial charge is 0.325 e. The van der Waals surface area contributed by atoms with Crippen molar-refractivity contribution in [3.05, 3.63) is 65.2 Å². The molecule has 1 saturated heterocycles. The number of benzene rings is 2. The van der Waals surface area contributed by atoms with Gasteiger partial charge in [-0.1, -0.05) is 36.4 Å². The normalized spacial score (nSPS) is 16.5. The van der Waals surface area contributed by atoms with E-state index in [0.717, 1.165) is 32.7 Å². The van der Waals surface area contributed by atoms with E-state index in [-0.39, 0.29) is 17.7 Å². The molecular weight excluding hydrogens is 350 g/mol. The smallest absolute Gasteiger partial charge is 0.241 e. The number of rotatable bonds is 6. The second kappa shape index (κ2) is 9.13. The Labute approximate surface area is 167 Å². The summed E-state index contributed by atoms with van der Waals surface area (Å²) in [6.45, 7) is 10.2. The van der Waals surface area contributed by atoms with Crippen molar-refractivity contribution in [3.63, 3.8) is 0 Å². The number of carbonyl (C=O) groups excluding carboxylic acids is 2. The fourth-order valence-corrected chi connectivity index (χ4v) is 3.57. The lowest BCUT2D eigenvalue weighted by Gasteiger charge is -2.37. The van der Waals surface area contributed by atoms with Crippen molar-refractivity contribution in [1.82, 2.24) is 9.80 Å². The van der Waals surface area contributed by atoms with Crippen LogP contribution in [0.3, 0.4) is 0 Å². The Hall–Kier alpha value is -2.50. The van der Waals surface area contributed by atoms with Gasteiger partial charge in [-0.2, -0.15) is 0 Å². The Bertz CT molecular complexity index is 841. The zero-order chi connectivity index (χ0) is 20.1. The van der Waals surface area contributed by atoms with E-state index in [2.05, 4.69) is 46.3 Å². The Balaban J connectivity index is 1.52. The summed E-state index contributed by atoms with van der Waals surface area (Å²) in [5, 5.41) is 2.95. The van der Waals surface area contributed by atoms with Crippen molar-refractivity contribution in [2.45, 2.75) is 33.4 Å². The highest BCUT2D eigenvalue weighted by molar-refractivity contribution is 5.98. The Kier molecular flexibility index (Phi) is 6.60. The first-order valence-electron chi connectivity index (χ1n) is 9.87. The molecule has 28 heavy (non-hydrogen) atoms. The molecule has 3 rings (SSSR count). The Morgan fingerprint density at radius 1 is 1.04 bits per heavy atom. The summed E-state index contributed by atoms with van der Waals surface area (Å²) in [5.74, 6) is -0.0398. The molecule has 5 heteroatoms. The number of Topliss-reactive ketones (excluding diaryl/α,β-unsaturated/α-hetero) is 1. The van der Waals surface area contributed by atoms with Crippen LogP contribution in [0.2, 0.25) is 0 Å². The number of piperazine rings is 1. The summed E-state index contributed by atoms with van der Waals surface area (Å²) in [6.07, 6.45) is 0. The van der Waals surface area contributed by atoms with Crippen molar-refractivity contribution in [3.8, 4) is 0 Å². The van der Waals surface area contributed by atoms with Gasteiger partial charge in [-0.3, -0.25) is 19.4 Å². The van der Waals surface area contributed by atoms with Gasteiger partial charge >= 0.3 is 0 Å². The second-order valence-electron chi connectivity index (χ2n) is 7.54. The van der Waals surface area contributed by atoms with Gasteiger partial charge in [0.2, 0.25) is 5.91 Å². The number of ketones is 1. The third-order valence-corrected chi connectivity index (χ3v) is 5.53. The van der Waals surface area contributed by atoms with Gasteiger partial charge < -0.3 is 5.32 Å². The first kappa shape index (κ1) is 20.2. The zero-order valence-corrected chi connectivity index (χ0v) is 16.9. The van der Waals surface area contributed by atoms with Gasteiger partial charge in [0.25, 0.3) is 0 Å². The van der Waals surface area contributed by atoms with Crippen molar-refractivity contribution in [2.24, 2.45) is 0 Å². The molecule has 0 radical (unpaired) electrons. The molecular formula is C23H29N3O2. The third-order valence-electron chi connectivity index (χ3n) is 5.53. The van der Waals surface area contributed by atoms with Crippen LogP contribution < -0.4 is 5.32 Å². The zero-order valence-electron chi connectivity index (χ0n) is 16.9. The molecule has 2 aromatic carbocycles. The number of nitrogens with one attached hydrogen (secondary N) is 1. The minimum atomic E-state index is -0.207. The summed E-state index contributed by atoms with van der Waals surface area (Å²) in [7, 11) is 0. The van der Waals surface area contributed by atoms with Crippen LogP contribution in [-0.2, 0) is 11.3 Å².